The van der Waals surface area contributed by atoms with Crippen LogP contribution in [0.15, 0.2) is 84.0 Å². The van der Waals surface area contributed by atoms with Gasteiger partial charge in [-0.1, -0.05) is 48.6 Å². The molecule has 2 aromatic carbocycles. The molecule has 2 aliphatic heterocycles. The van der Waals surface area contributed by atoms with Gasteiger partial charge in [0.2, 0.25) is 0 Å². The van der Waals surface area contributed by atoms with E-state index in [4.69, 9.17) is 0 Å². The van der Waals surface area contributed by atoms with Gasteiger partial charge >= 0.3 is 12.1 Å². The van der Waals surface area contributed by atoms with Crippen molar-refractivity contribution < 1.29 is 28.8 Å². The Morgan fingerprint density at radius 1 is 0.717 bits per heavy atom. The zero-order chi connectivity index (χ0) is 33.5. The maximum Gasteiger partial charge on any atom is 0.333 e. The second-order valence-electron chi connectivity index (χ2n) is 11.0. The second kappa shape index (κ2) is 14.3. The summed E-state index contributed by atoms with van der Waals surface area (Å²) in [6, 6.07) is 13.8. The van der Waals surface area contributed by atoms with E-state index in [9.17, 15) is 28.8 Å². The lowest BCUT2D eigenvalue weighted by Crippen LogP contribution is -2.54. The van der Waals surface area contributed by atoms with Crippen LogP contribution in [0, 0.1) is 0 Å². The molecule has 238 valence electrons. The third kappa shape index (κ3) is 7.46. The molecule has 0 saturated carbocycles. The highest BCUT2D eigenvalue weighted by Crippen LogP contribution is 2.19. The molecule has 2 saturated heterocycles. The van der Waals surface area contributed by atoms with Crippen molar-refractivity contribution in [2.75, 3.05) is 58.1 Å². The van der Waals surface area contributed by atoms with Crippen LogP contribution < -0.4 is 15.1 Å². The molecule has 1 N–H and O–H groups in total. The van der Waals surface area contributed by atoms with Gasteiger partial charge in [0.05, 0.1) is 0 Å². The van der Waals surface area contributed by atoms with Crippen LogP contribution in [0.2, 0.25) is 0 Å². The van der Waals surface area contributed by atoms with Gasteiger partial charge in [-0.05, 0) is 54.0 Å². The number of hydrogen-bond acceptors (Lipinski definition) is 8. The van der Waals surface area contributed by atoms with Gasteiger partial charge < -0.3 is 9.80 Å². The van der Waals surface area contributed by atoms with E-state index < -0.39 is 35.7 Å². The fraction of sp³-hybridized carbons (Fsp3) is 0.235. The molecule has 0 bridgehead atoms. The number of allylic oxidation sites excluding steroid dienone is 4. The fourth-order valence-corrected chi connectivity index (χ4v) is 4.79. The van der Waals surface area contributed by atoms with Gasteiger partial charge in [-0.25, -0.2) is 9.59 Å². The minimum absolute atomic E-state index is 0.106. The van der Waals surface area contributed by atoms with Gasteiger partial charge in [0.25, 0.3) is 23.6 Å². The maximum atomic E-state index is 13.1. The first-order chi connectivity index (χ1) is 21.9. The Labute approximate surface area is 267 Å². The molecule has 46 heavy (non-hydrogen) atoms. The van der Waals surface area contributed by atoms with Crippen LogP contribution >= 0.6 is 0 Å². The first kappa shape index (κ1) is 33.1. The Bertz CT molecular complexity index is 1680. The zero-order valence-electron chi connectivity index (χ0n) is 26.4. The van der Waals surface area contributed by atoms with Crippen molar-refractivity contribution in [3.63, 3.8) is 0 Å². The van der Waals surface area contributed by atoms with Crippen LogP contribution in [-0.4, -0.2) is 98.7 Å². The SMILES string of the molecule is CN1C(=O)C(=CC=Cc2cccc(N(C)CCCN3C(=O)NC(=O)C(=CC=Cc4cccc(N(C)C)c4)C3=O)c2)C(=O)N(C)C1=O. The molecule has 0 atom stereocenters. The number of nitrogens with zero attached hydrogens (tertiary/aromatic N) is 5. The first-order valence-electron chi connectivity index (χ1n) is 14.5. The lowest BCUT2D eigenvalue weighted by molar-refractivity contribution is -0.134. The summed E-state index contributed by atoms with van der Waals surface area (Å²) in [5.74, 6) is -2.72. The highest BCUT2D eigenvalue weighted by atomic mass is 16.2. The molecule has 0 aromatic heterocycles. The van der Waals surface area contributed by atoms with Crippen molar-refractivity contribution in [1.82, 2.24) is 20.0 Å². The molecular formula is C34H36N6O6. The van der Waals surface area contributed by atoms with Crippen molar-refractivity contribution in [3.8, 4) is 0 Å². The number of hydrogen-bond donors (Lipinski definition) is 1. The lowest BCUT2D eigenvalue weighted by Gasteiger charge is -2.28. The molecule has 0 unspecified atom stereocenters. The smallest absolute Gasteiger partial charge is 0.333 e. The van der Waals surface area contributed by atoms with Crippen molar-refractivity contribution in [1.29, 1.82) is 0 Å². The van der Waals surface area contributed by atoms with E-state index in [2.05, 4.69) is 5.32 Å². The van der Waals surface area contributed by atoms with E-state index in [1.165, 1.54) is 26.2 Å². The molecule has 2 aliphatic rings. The third-order valence-electron chi connectivity index (χ3n) is 7.51. The fourth-order valence-electron chi connectivity index (χ4n) is 4.79. The van der Waals surface area contributed by atoms with Crippen molar-refractivity contribution in [2.24, 2.45) is 0 Å². The third-order valence-corrected chi connectivity index (χ3v) is 7.51. The number of barbiturate groups is 2. The van der Waals surface area contributed by atoms with E-state index in [1.807, 2.05) is 79.5 Å². The molecule has 0 aliphatic carbocycles. The van der Waals surface area contributed by atoms with Crippen LogP contribution in [0.25, 0.3) is 12.2 Å². The van der Waals surface area contributed by atoms with Gasteiger partial charge in [-0.2, -0.15) is 0 Å². The van der Waals surface area contributed by atoms with E-state index in [0.717, 1.165) is 37.2 Å². The number of likely N-dealkylation sites (N-methyl/N-ethyl adjacent to an activating group) is 2. The largest absolute Gasteiger partial charge is 0.378 e. The van der Waals surface area contributed by atoms with E-state index in [1.54, 1.807) is 24.3 Å². The van der Waals surface area contributed by atoms with Crippen LogP contribution in [0.3, 0.4) is 0 Å². The Morgan fingerprint density at radius 2 is 1.26 bits per heavy atom. The van der Waals surface area contributed by atoms with Crippen molar-refractivity contribution in [3.05, 3.63) is 95.1 Å². The number of urea groups is 2. The summed E-state index contributed by atoms with van der Waals surface area (Å²) in [4.78, 5) is 81.4. The van der Waals surface area contributed by atoms with Crippen molar-refractivity contribution in [2.45, 2.75) is 6.42 Å². The molecule has 2 fully saturated rings. The summed E-state index contributed by atoms with van der Waals surface area (Å²) in [5.41, 5.74) is 3.33. The van der Waals surface area contributed by atoms with Crippen LogP contribution in [-0.2, 0) is 19.2 Å². The number of carbonyl (C=O) groups excluding carboxylic acids is 6. The summed E-state index contributed by atoms with van der Waals surface area (Å²) in [5, 5.41) is 2.24. The Hall–Kier alpha value is -5.78. The number of imide groups is 4. The summed E-state index contributed by atoms with van der Waals surface area (Å²) in [6.45, 7) is 0.605. The molecule has 0 spiro atoms. The van der Waals surface area contributed by atoms with E-state index in [0.29, 0.717) is 13.0 Å². The Balaban J connectivity index is 1.36. The quantitative estimate of drug-likeness (QED) is 0.315. The van der Waals surface area contributed by atoms with Gasteiger partial charge in [0, 0.05) is 59.7 Å². The van der Waals surface area contributed by atoms with E-state index in [-0.39, 0.29) is 17.7 Å². The van der Waals surface area contributed by atoms with Crippen LogP contribution in [0.4, 0.5) is 21.0 Å². The summed E-state index contributed by atoms with van der Waals surface area (Å²) in [7, 11) is 8.38. The Kier molecular flexibility index (Phi) is 10.3. The molecule has 12 heteroatoms. The number of carbonyl (C=O) groups is 6. The monoisotopic (exact) mass is 624 g/mol. The number of anilines is 2. The molecular weight excluding hydrogens is 588 g/mol. The van der Waals surface area contributed by atoms with Crippen LogP contribution in [0.1, 0.15) is 17.5 Å². The molecule has 2 aromatic rings. The number of rotatable bonds is 10. The molecule has 4 rings (SSSR count). The topological polar surface area (TPSA) is 131 Å². The number of benzene rings is 2. The number of nitrogens with one attached hydrogen (secondary N) is 1. The van der Waals surface area contributed by atoms with E-state index >= 15 is 0 Å². The highest BCUT2D eigenvalue weighted by molar-refractivity contribution is 6.29. The lowest BCUT2D eigenvalue weighted by atomic mass is 10.1. The predicted octanol–water partition coefficient (Wildman–Crippen LogP) is 3.29. The van der Waals surface area contributed by atoms with Gasteiger partial charge in [0.15, 0.2) is 0 Å². The number of amides is 8. The highest BCUT2D eigenvalue weighted by Gasteiger charge is 2.37. The maximum absolute atomic E-state index is 13.1. The average molecular weight is 625 g/mol. The standard InChI is InChI=1S/C34H36N6O6/c1-36(2)25-15-6-11-23(21-25)13-8-17-27-29(41)35-33(45)40(32(27)44)20-10-19-37(3)26-16-7-12-24(22-26)14-9-18-28-30(42)38(4)34(46)39(5)31(28)43/h6-9,11-18,21-22H,10,19-20H2,1-5H3,(H,35,41,45). The summed E-state index contributed by atoms with van der Waals surface area (Å²) in [6.07, 6.45) is 9.94. The predicted molar refractivity (Wildman–Crippen MR) is 176 cm³/mol. The van der Waals surface area contributed by atoms with Crippen molar-refractivity contribution >= 4 is 59.2 Å². The molecule has 0 radical (unpaired) electrons. The molecule has 8 amide bonds. The Morgan fingerprint density at radius 3 is 1.85 bits per heavy atom. The minimum Gasteiger partial charge on any atom is -0.378 e. The normalized spacial score (nSPS) is 16.8. The van der Waals surface area contributed by atoms with Crippen LogP contribution in [0.5, 0.6) is 0 Å². The summed E-state index contributed by atoms with van der Waals surface area (Å²) >= 11 is 0. The van der Waals surface area contributed by atoms with Gasteiger partial charge in [-0.15, -0.1) is 0 Å². The molecule has 2 heterocycles. The average Bonchev–Trinajstić information content (AvgIpc) is 3.04. The van der Waals surface area contributed by atoms with Gasteiger partial charge in [0.1, 0.15) is 11.1 Å². The zero-order valence-corrected chi connectivity index (χ0v) is 26.4. The second-order valence-corrected chi connectivity index (χ2v) is 11.0. The van der Waals surface area contributed by atoms with Gasteiger partial charge in [-0.3, -0.25) is 39.2 Å². The first-order valence-corrected chi connectivity index (χ1v) is 14.5. The molecule has 12 nitrogen and oxygen atoms in total. The summed E-state index contributed by atoms with van der Waals surface area (Å²) < 4.78 is 0. The minimum atomic E-state index is -0.754.